The summed E-state index contributed by atoms with van der Waals surface area (Å²) in [5.41, 5.74) is 0.335. The molecule has 8 nitrogen and oxygen atoms in total. The van der Waals surface area contributed by atoms with Gasteiger partial charge in [0.05, 0.1) is 36.2 Å². The van der Waals surface area contributed by atoms with E-state index in [-0.39, 0.29) is 22.3 Å². The van der Waals surface area contributed by atoms with Crippen molar-refractivity contribution < 1.29 is 26.4 Å². The molecule has 2 aliphatic heterocycles. The SMILES string of the molecule is O=C(c1ccc(S(=O)(=O)N2CCOCC2)cc1)N(Cc1cccs1)C1CCS(=O)(=O)C1. The predicted octanol–water partition coefficient (Wildman–Crippen LogP) is 1.60. The van der Waals surface area contributed by atoms with E-state index in [1.165, 1.54) is 39.9 Å². The van der Waals surface area contributed by atoms with Gasteiger partial charge in [-0.3, -0.25) is 4.79 Å². The Morgan fingerprint density at radius 3 is 2.45 bits per heavy atom. The lowest BCUT2D eigenvalue weighted by Crippen LogP contribution is -2.41. The average Bonchev–Trinajstić information content (AvgIpc) is 3.41. The normalized spacial score (nSPS) is 21.7. The molecule has 0 N–H and O–H groups in total. The standard InChI is InChI=1S/C20H24N2O6S3/c23-20(22(14-18-2-1-12-29-18)17-7-13-30(24,25)15-17)16-3-5-19(6-4-16)31(26,27)21-8-10-28-11-9-21/h1-6,12,17H,7-11,13-15H2. The molecule has 1 amide bonds. The van der Waals surface area contributed by atoms with E-state index in [1.807, 2.05) is 17.5 Å². The molecule has 168 valence electrons. The maximum atomic E-state index is 13.3. The number of sulfonamides is 1. The summed E-state index contributed by atoms with van der Waals surface area (Å²) in [6.07, 6.45) is 0.406. The Labute approximate surface area is 186 Å². The van der Waals surface area contributed by atoms with Gasteiger partial charge in [-0.25, -0.2) is 16.8 Å². The summed E-state index contributed by atoms with van der Waals surface area (Å²) in [5.74, 6) is -0.276. The Morgan fingerprint density at radius 1 is 1.16 bits per heavy atom. The van der Waals surface area contributed by atoms with Gasteiger partial charge in [0.2, 0.25) is 10.0 Å². The highest BCUT2D eigenvalue weighted by Crippen LogP contribution is 2.25. The number of hydrogen-bond donors (Lipinski definition) is 0. The summed E-state index contributed by atoms with van der Waals surface area (Å²) in [4.78, 5) is 16.0. The number of amides is 1. The number of sulfone groups is 1. The van der Waals surface area contributed by atoms with Gasteiger partial charge >= 0.3 is 0 Å². The zero-order chi connectivity index (χ0) is 22.1. The first-order valence-corrected chi connectivity index (χ1v) is 14.1. The Bertz CT molecular complexity index is 1120. The van der Waals surface area contributed by atoms with Crippen LogP contribution in [-0.2, 0) is 31.1 Å². The van der Waals surface area contributed by atoms with Gasteiger partial charge in [0.15, 0.2) is 9.84 Å². The van der Waals surface area contributed by atoms with Crippen LogP contribution in [0.1, 0.15) is 21.7 Å². The molecule has 4 rings (SSSR count). The molecule has 0 spiro atoms. The van der Waals surface area contributed by atoms with Crippen molar-refractivity contribution in [1.82, 2.24) is 9.21 Å². The fourth-order valence-corrected chi connectivity index (χ4v) is 7.67. The summed E-state index contributed by atoms with van der Waals surface area (Å²) in [5, 5.41) is 1.91. The van der Waals surface area contributed by atoms with E-state index in [9.17, 15) is 21.6 Å². The van der Waals surface area contributed by atoms with Crippen LogP contribution < -0.4 is 0 Å². The number of benzene rings is 1. The van der Waals surface area contributed by atoms with Gasteiger partial charge < -0.3 is 9.64 Å². The fraction of sp³-hybridized carbons (Fsp3) is 0.450. The van der Waals surface area contributed by atoms with E-state index in [4.69, 9.17) is 4.74 Å². The maximum Gasteiger partial charge on any atom is 0.254 e. The maximum absolute atomic E-state index is 13.3. The lowest BCUT2D eigenvalue weighted by atomic mass is 10.1. The molecular weight excluding hydrogens is 460 g/mol. The van der Waals surface area contributed by atoms with E-state index in [1.54, 1.807) is 4.90 Å². The number of rotatable bonds is 6. The zero-order valence-electron chi connectivity index (χ0n) is 16.8. The first-order valence-electron chi connectivity index (χ1n) is 9.98. The molecule has 2 aromatic rings. The highest BCUT2D eigenvalue weighted by Gasteiger charge is 2.35. The zero-order valence-corrected chi connectivity index (χ0v) is 19.3. The van der Waals surface area contributed by atoms with Gasteiger partial charge in [-0.05, 0) is 42.1 Å². The van der Waals surface area contributed by atoms with E-state index in [2.05, 4.69) is 0 Å². The molecule has 2 aliphatic rings. The van der Waals surface area contributed by atoms with Gasteiger partial charge in [-0.1, -0.05) is 6.07 Å². The van der Waals surface area contributed by atoms with Gasteiger partial charge in [-0.15, -0.1) is 11.3 Å². The minimum atomic E-state index is -3.65. The first kappa shape index (κ1) is 22.4. The Morgan fingerprint density at radius 2 is 1.87 bits per heavy atom. The molecule has 1 atom stereocenters. The number of carbonyl (C=O) groups is 1. The van der Waals surface area contributed by atoms with Crippen LogP contribution in [0, 0.1) is 0 Å². The molecule has 0 bridgehead atoms. The lowest BCUT2D eigenvalue weighted by molar-refractivity contribution is 0.0683. The van der Waals surface area contributed by atoms with Crippen molar-refractivity contribution >= 4 is 37.1 Å². The summed E-state index contributed by atoms with van der Waals surface area (Å²) >= 11 is 1.51. The van der Waals surface area contributed by atoms with Crippen molar-refractivity contribution in [1.29, 1.82) is 0 Å². The second-order valence-corrected chi connectivity index (χ2v) is 12.8. The Kier molecular flexibility index (Phi) is 6.50. The highest BCUT2D eigenvalue weighted by atomic mass is 32.2. The van der Waals surface area contributed by atoms with Crippen LogP contribution in [0.3, 0.4) is 0 Å². The Balaban J connectivity index is 1.56. The highest BCUT2D eigenvalue weighted by molar-refractivity contribution is 7.91. The van der Waals surface area contributed by atoms with E-state index >= 15 is 0 Å². The van der Waals surface area contributed by atoms with Crippen LogP contribution in [0.4, 0.5) is 0 Å². The summed E-state index contributed by atoms with van der Waals surface area (Å²) < 4.78 is 56.2. The predicted molar refractivity (Wildman–Crippen MR) is 117 cm³/mol. The van der Waals surface area contributed by atoms with Gasteiger partial charge in [0.1, 0.15) is 0 Å². The number of ether oxygens (including phenoxy) is 1. The molecule has 1 unspecified atom stereocenters. The van der Waals surface area contributed by atoms with E-state index in [0.29, 0.717) is 44.8 Å². The molecule has 11 heteroatoms. The first-order chi connectivity index (χ1) is 14.8. The summed E-state index contributed by atoms with van der Waals surface area (Å²) in [6, 6.07) is 9.28. The molecule has 31 heavy (non-hydrogen) atoms. The summed E-state index contributed by atoms with van der Waals surface area (Å²) in [6.45, 7) is 1.64. The van der Waals surface area contributed by atoms with E-state index < -0.39 is 25.9 Å². The average molecular weight is 485 g/mol. The number of nitrogens with zero attached hydrogens (tertiary/aromatic N) is 2. The molecule has 1 aromatic heterocycles. The van der Waals surface area contributed by atoms with Crippen LogP contribution in [0.25, 0.3) is 0 Å². The number of morpholine rings is 1. The third-order valence-electron chi connectivity index (χ3n) is 5.53. The second kappa shape index (κ2) is 8.99. The van der Waals surface area contributed by atoms with Crippen LogP contribution in [-0.4, -0.2) is 75.8 Å². The van der Waals surface area contributed by atoms with Crippen molar-refractivity contribution in [3.05, 3.63) is 52.2 Å². The number of hydrogen-bond acceptors (Lipinski definition) is 7. The quantitative estimate of drug-likeness (QED) is 0.617. The molecular formula is C20H24N2O6S3. The van der Waals surface area contributed by atoms with Crippen LogP contribution >= 0.6 is 11.3 Å². The van der Waals surface area contributed by atoms with E-state index in [0.717, 1.165) is 4.88 Å². The fourth-order valence-electron chi connectivity index (χ4n) is 3.83. The van der Waals surface area contributed by atoms with Crippen LogP contribution in [0.2, 0.25) is 0 Å². The lowest BCUT2D eigenvalue weighted by Gasteiger charge is -2.28. The van der Waals surface area contributed by atoms with Crippen molar-refractivity contribution in [3.8, 4) is 0 Å². The molecule has 2 fully saturated rings. The summed E-state index contributed by atoms with van der Waals surface area (Å²) in [7, 11) is -6.81. The molecule has 3 heterocycles. The van der Waals surface area contributed by atoms with Crippen LogP contribution in [0.15, 0.2) is 46.7 Å². The smallest absolute Gasteiger partial charge is 0.254 e. The van der Waals surface area contributed by atoms with Crippen molar-refractivity contribution in [3.63, 3.8) is 0 Å². The van der Waals surface area contributed by atoms with Crippen molar-refractivity contribution in [2.24, 2.45) is 0 Å². The Hall–Kier alpha value is -1.79. The second-order valence-electron chi connectivity index (χ2n) is 7.61. The third kappa shape index (κ3) is 5.01. The number of thiophene rings is 1. The largest absolute Gasteiger partial charge is 0.379 e. The van der Waals surface area contributed by atoms with Crippen molar-refractivity contribution in [2.75, 3.05) is 37.8 Å². The van der Waals surface area contributed by atoms with Gasteiger partial charge in [0, 0.05) is 29.6 Å². The minimum absolute atomic E-state index is 0.0480. The minimum Gasteiger partial charge on any atom is -0.379 e. The molecule has 0 aliphatic carbocycles. The molecule has 0 saturated carbocycles. The molecule has 2 saturated heterocycles. The van der Waals surface area contributed by atoms with Gasteiger partial charge in [0.25, 0.3) is 5.91 Å². The van der Waals surface area contributed by atoms with Gasteiger partial charge in [-0.2, -0.15) is 4.31 Å². The molecule has 1 aromatic carbocycles. The van der Waals surface area contributed by atoms with Crippen LogP contribution in [0.5, 0.6) is 0 Å². The molecule has 0 radical (unpaired) electrons. The topological polar surface area (TPSA) is 101 Å². The van der Waals surface area contributed by atoms with Crippen molar-refractivity contribution in [2.45, 2.75) is 23.9 Å². The third-order valence-corrected chi connectivity index (χ3v) is 10.0. The monoisotopic (exact) mass is 484 g/mol. The number of carbonyl (C=O) groups excluding carboxylic acids is 1.